The van der Waals surface area contributed by atoms with Crippen molar-refractivity contribution in [3.05, 3.63) is 27.8 Å². The van der Waals surface area contributed by atoms with Crippen LogP contribution in [0.3, 0.4) is 0 Å². The van der Waals surface area contributed by atoms with Gasteiger partial charge in [-0.05, 0) is 74.8 Å². The molecule has 0 aromatic heterocycles. The molecule has 0 bridgehead atoms. The van der Waals surface area contributed by atoms with Crippen molar-refractivity contribution < 1.29 is 8.42 Å². The lowest BCUT2D eigenvalue weighted by molar-refractivity contribution is 0.317. The molecular formula is C17H29NO2S. The van der Waals surface area contributed by atoms with Crippen molar-refractivity contribution in [3.8, 4) is 0 Å². The van der Waals surface area contributed by atoms with Crippen molar-refractivity contribution in [2.75, 3.05) is 0 Å². The minimum Gasteiger partial charge on any atom is -0.208 e. The summed E-state index contributed by atoms with van der Waals surface area (Å²) in [7, 11) is -3.52. The highest BCUT2D eigenvalue weighted by atomic mass is 32.2. The first-order chi connectivity index (χ1) is 9.30. The molecule has 21 heavy (non-hydrogen) atoms. The van der Waals surface area contributed by atoms with Crippen LogP contribution in [0.15, 0.2) is 4.90 Å². The van der Waals surface area contributed by atoms with Gasteiger partial charge in [-0.15, -0.1) is 0 Å². The van der Waals surface area contributed by atoms with Crippen molar-refractivity contribution in [3.63, 3.8) is 0 Å². The Kier molecular flexibility index (Phi) is 4.96. The largest absolute Gasteiger partial charge is 0.241 e. The predicted octanol–water partition coefficient (Wildman–Crippen LogP) is 3.94. The normalized spacial score (nSPS) is 14.3. The third-order valence-corrected chi connectivity index (χ3v) is 6.64. The van der Waals surface area contributed by atoms with E-state index in [1.165, 1.54) is 5.56 Å². The zero-order chi connectivity index (χ0) is 16.7. The first kappa shape index (κ1) is 18.2. The number of benzene rings is 1. The lowest BCUT2D eigenvalue weighted by atomic mass is 9.89. The van der Waals surface area contributed by atoms with Gasteiger partial charge in [0.2, 0.25) is 10.0 Å². The maximum atomic E-state index is 12.8. The van der Waals surface area contributed by atoms with Gasteiger partial charge in [-0.1, -0.05) is 20.8 Å². The van der Waals surface area contributed by atoms with Crippen LogP contribution in [0.5, 0.6) is 0 Å². The van der Waals surface area contributed by atoms with Gasteiger partial charge < -0.3 is 0 Å². The van der Waals surface area contributed by atoms with E-state index in [1.54, 1.807) is 0 Å². The molecular weight excluding hydrogens is 282 g/mol. The molecule has 0 radical (unpaired) electrons. The lowest BCUT2D eigenvalue weighted by Gasteiger charge is -2.29. The molecule has 0 saturated carbocycles. The molecule has 1 N–H and O–H groups in total. The van der Waals surface area contributed by atoms with Gasteiger partial charge in [-0.25, -0.2) is 13.1 Å². The van der Waals surface area contributed by atoms with Gasteiger partial charge in [-0.2, -0.15) is 0 Å². The highest BCUT2D eigenvalue weighted by Crippen LogP contribution is 2.30. The SMILES string of the molecule is Cc1c(C)c(C)c(S(=O)(=O)NC(C)C(C)(C)C)c(C)c1C. The third-order valence-electron chi connectivity index (χ3n) is 4.83. The fourth-order valence-electron chi connectivity index (χ4n) is 2.34. The highest BCUT2D eigenvalue weighted by molar-refractivity contribution is 7.89. The van der Waals surface area contributed by atoms with Crippen LogP contribution in [0, 0.1) is 40.0 Å². The quantitative estimate of drug-likeness (QED) is 0.919. The molecule has 1 rings (SSSR count). The summed E-state index contributed by atoms with van der Waals surface area (Å²) in [5.41, 5.74) is 4.87. The van der Waals surface area contributed by atoms with E-state index in [-0.39, 0.29) is 11.5 Å². The van der Waals surface area contributed by atoms with Crippen molar-refractivity contribution >= 4 is 10.0 Å². The van der Waals surface area contributed by atoms with Crippen LogP contribution >= 0.6 is 0 Å². The minimum atomic E-state index is -3.52. The molecule has 0 fully saturated rings. The number of hydrogen-bond donors (Lipinski definition) is 1. The highest BCUT2D eigenvalue weighted by Gasteiger charge is 2.29. The Morgan fingerprint density at radius 1 is 0.810 bits per heavy atom. The van der Waals surface area contributed by atoms with Gasteiger partial charge in [0, 0.05) is 6.04 Å². The van der Waals surface area contributed by atoms with E-state index in [9.17, 15) is 8.42 Å². The zero-order valence-electron chi connectivity index (χ0n) is 14.8. The average Bonchev–Trinajstić information content (AvgIpc) is 2.32. The Balaban J connectivity index is 3.47. The second-order valence-electron chi connectivity index (χ2n) is 7.16. The second kappa shape index (κ2) is 5.73. The number of nitrogens with one attached hydrogen (secondary N) is 1. The van der Waals surface area contributed by atoms with Crippen molar-refractivity contribution in [2.24, 2.45) is 5.41 Å². The van der Waals surface area contributed by atoms with E-state index in [1.807, 2.05) is 62.3 Å². The summed E-state index contributed by atoms with van der Waals surface area (Å²) in [4.78, 5) is 0.444. The molecule has 1 aromatic rings. The molecule has 4 heteroatoms. The molecule has 1 unspecified atom stereocenters. The van der Waals surface area contributed by atoms with E-state index < -0.39 is 10.0 Å². The molecule has 120 valence electrons. The van der Waals surface area contributed by atoms with Crippen molar-refractivity contribution in [2.45, 2.75) is 73.3 Å². The Morgan fingerprint density at radius 2 is 1.14 bits per heavy atom. The fraction of sp³-hybridized carbons (Fsp3) is 0.647. The average molecular weight is 311 g/mol. The lowest BCUT2D eigenvalue weighted by Crippen LogP contribution is -2.41. The van der Waals surface area contributed by atoms with Gasteiger partial charge in [0.1, 0.15) is 0 Å². The molecule has 0 amide bonds. The summed E-state index contributed by atoms with van der Waals surface area (Å²) in [5, 5.41) is 0. The third kappa shape index (κ3) is 3.49. The monoisotopic (exact) mass is 311 g/mol. The standard InChI is InChI=1S/C17H29NO2S/c1-10-11(2)13(4)16(14(5)12(10)3)21(19,20)18-15(6)17(7,8)9/h15,18H,1-9H3. The summed E-state index contributed by atoms with van der Waals surface area (Å²) in [6, 6.07) is -0.136. The molecule has 1 aromatic carbocycles. The Labute approximate surface area is 130 Å². The zero-order valence-corrected chi connectivity index (χ0v) is 15.6. The Hall–Kier alpha value is -0.870. The summed E-state index contributed by atoms with van der Waals surface area (Å²) in [5.74, 6) is 0. The molecule has 0 saturated heterocycles. The van der Waals surface area contributed by atoms with E-state index in [0.717, 1.165) is 22.3 Å². The molecule has 0 aliphatic rings. The number of rotatable bonds is 3. The first-order valence-electron chi connectivity index (χ1n) is 7.40. The second-order valence-corrected chi connectivity index (χ2v) is 8.81. The summed E-state index contributed by atoms with van der Waals surface area (Å²) >= 11 is 0. The Morgan fingerprint density at radius 3 is 1.48 bits per heavy atom. The molecule has 0 heterocycles. The minimum absolute atomic E-state index is 0.121. The van der Waals surface area contributed by atoms with E-state index in [2.05, 4.69) is 4.72 Å². The maximum absolute atomic E-state index is 12.8. The first-order valence-corrected chi connectivity index (χ1v) is 8.88. The van der Waals surface area contributed by atoms with Crippen molar-refractivity contribution in [1.29, 1.82) is 0 Å². The summed E-state index contributed by atoms with van der Waals surface area (Å²) in [6.07, 6.45) is 0. The topological polar surface area (TPSA) is 46.2 Å². The smallest absolute Gasteiger partial charge is 0.208 e. The van der Waals surface area contributed by atoms with Crippen LogP contribution in [0.2, 0.25) is 0 Å². The van der Waals surface area contributed by atoms with E-state index in [4.69, 9.17) is 0 Å². The Bertz CT molecular complexity index is 623. The van der Waals surface area contributed by atoms with Gasteiger partial charge >= 0.3 is 0 Å². The number of sulfonamides is 1. The van der Waals surface area contributed by atoms with E-state index >= 15 is 0 Å². The van der Waals surface area contributed by atoms with Gasteiger partial charge in [0.15, 0.2) is 0 Å². The van der Waals surface area contributed by atoms with Crippen LogP contribution < -0.4 is 4.72 Å². The van der Waals surface area contributed by atoms with Crippen LogP contribution in [0.25, 0.3) is 0 Å². The van der Waals surface area contributed by atoms with Crippen LogP contribution in [-0.2, 0) is 10.0 Å². The fourth-order valence-corrected chi connectivity index (χ4v) is 4.39. The molecule has 0 spiro atoms. The van der Waals surface area contributed by atoms with E-state index in [0.29, 0.717) is 4.90 Å². The molecule has 0 aliphatic heterocycles. The maximum Gasteiger partial charge on any atom is 0.241 e. The predicted molar refractivity (Wildman–Crippen MR) is 89.4 cm³/mol. The molecule has 0 aliphatic carbocycles. The van der Waals surface area contributed by atoms with Crippen LogP contribution in [0.1, 0.15) is 55.5 Å². The van der Waals surface area contributed by atoms with Gasteiger partial charge in [0.05, 0.1) is 4.90 Å². The van der Waals surface area contributed by atoms with Crippen molar-refractivity contribution in [1.82, 2.24) is 4.72 Å². The van der Waals surface area contributed by atoms with Gasteiger partial charge in [0.25, 0.3) is 0 Å². The number of hydrogen-bond acceptors (Lipinski definition) is 2. The summed E-state index contributed by atoms with van der Waals surface area (Å²) in [6.45, 7) is 17.8. The molecule has 3 nitrogen and oxygen atoms in total. The summed E-state index contributed by atoms with van der Waals surface area (Å²) < 4.78 is 28.5. The van der Waals surface area contributed by atoms with Crippen LogP contribution in [0.4, 0.5) is 0 Å². The van der Waals surface area contributed by atoms with Crippen LogP contribution in [-0.4, -0.2) is 14.5 Å². The van der Waals surface area contributed by atoms with Gasteiger partial charge in [-0.3, -0.25) is 0 Å². The molecule has 1 atom stereocenters.